The molecular formula is C10H11N3O4. The van der Waals surface area contributed by atoms with E-state index in [1.807, 2.05) is 0 Å². The maximum absolute atomic E-state index is 11.1. The lowest BCUT2D eigenvalue weighted by atomic mass is 10.2. The van der Waals surface area contributed by atoms with E-state index in [-0.39, 0.29) is 11.6 Å². The Morgan fingerprint density at radius 3 is 2.12 bits per heavy atom. The second kappa shape index (κ2) is 5.06. The van der Waals surface area contributed by atoms with E-state index in [1.54, 1.807) is 0 Å². The SMILES string of the molecule is CC(=O)Nc1ccc(N(C(C)=O)[N+](=O)[O-])cc1. The normalized spacial score (nSPS) is 9.53. The van der Waals surface area contributed by atoms with Crippen LogP contribution < -0.4 is 10.3 Å². The minimum Gasteiger partial charge on any atom is -0.326 e. The number of carbonyl (C=O) groups excluding carboxylic acids is 2. The average molecular weight is 237 g/mol. The first-order valence-corrected chi connectivity index (χ1v) is 4.74. The molecule has 0 atom stereocenters. The quantitative estimate of drug-likeness (QED) is 0.631. The van der Waals surface area contributed by atoms with E-state index in [0.717, 1.165) is 6.92 Å². The molecular weight excluding hydrogens is 226 g/mol. The Hall–Kier alpha value is -2.44. The maximum atomic E-state index is 11.1. The Morgan fingerprint density at radius 1 is 1.24 bits per heavy atom. The highest BCUT2D eigenvalue weighted by Gasteiger charge is 2.22. The van der Waals surface area contributed by atoms with Crippen LogP contribution in [0.25, 0.3) is 0 Å². The molecule has 2 amide bonds. The van der Waals surface area contributed by atoms with Crippen molar-refractivity contribution in [1.82, 2.24) is 0 Å². The second-order valence-electron chi connectivity index (χ2n) is 3.30. The molecule has 1 aromatic rings. The topological polar surface area (TPSA) is 92.6 Å². The molecule has 0 aliphatic rings. The van der Waals surface area contributed by atoms with Crippen molar-refractivity contribution in [2.45, 2.75) is 13.8 Å². The van der Waals surface area contributed by atoms with Gasteiger partial charge in [-0.25, -0.2) is 10.1 Å². The Bertz CT molecular complexity index is 441. The predicted molar refractivity (Wildman–Crippen MR) is 60.9 cm³/mol. The van der Waals surface area contributed by atoms with Crippen LogP contribution in [0.1, 0.15) is 13.8 Å². The number of rotatable bonds is 3. The Balaban J connectivity index is 2.96. The van der Waals surface area contributed by atoms with E-state index in [2.05, 4.69) is 5.32 Å². The fourth-order valence-corrected chi connectivity index (χ4v) is 1.28. The standard InChI is InChI=1S/C10H11N3O4/c1-7(14)11-9-3-5-10(6-4-9)12(8(2)15)13(16)17/h3-6H,1-2H3,(H,11,14). The minimum atomic E-state index is -0.796. The van der Waals surface area contributed by atoms with Crippen molar-refractivity contribution in [3.8, 4) is 0 Å². The van der Waals surface area contributed by atoms with Crippen LogP contribution in [0, 0.1) is 10.1 Å². The lowest BCUT2D eigenvalue weighted by molar-refractivity contribution is -0.483. The number of hydrogen-bond acceptors (Lipinski definition) is 4. The van der Waals surface area contributed by atoms with Gasteiger partial charge in [0.05, 0.1) is 0 Å². The molecule has 0 fully saturated rings. The Morgan fingerprint density at radius 2 is 1.76 bits per heavy atom. The zero-order chi connectivity index (χ0) is 13.0. The van der Waals surface area contributed by atoms with Gasteiger partial charge in [0.25, 0.3) is 5.91 Å². The third-order valence-electron chi connectivity index (χ3n) is 1.89. The zero-order valence-corrected chi connectivity index (χ0v) is 9.34. The molecule has 0 spiro atoms. The van der Waals surface area contributed by atoms with Gasteiger partial charge >= 0.3 is 0 Å². The smallest absolute Gasteiger partial charge is 0.286 e. The summed E-state index contributed by atoms with van der Waals surface area (Å²) in [5.41, 5.74) is 0.643. The number of hydrazine groups is 1. The minimum absolute atomic E-state index is 0.136. The number of benzene rings is 1. The van der Waals surface area contributed by atoms with Gasteiger partial charge in [0.2, 0.25) is 5.91 Å². The highest BCUT2D eigenvalue weighted by molar-refractivity contribution is 5.91. The van der Waals surface area contributed by atoms with Crippen LogP contribution >= 0.6 is 0 Å². The molecule has 0 aliphatic heterocycles. The van der Waals surface area contributed by atoms with E-state index in [1.165, 1.54) is 31.2 Å². The highest BCUT2D eigenvalue weighted by atomic mass is 16.7. The average Bonchev–Trinajstić information content (AvgIpc) is 2.18. The van der Waals surface area contributed by atoms with Crippen molar-refractivity contribution in [2.75, 3.05) is 10.3 Å². The molecule has 0 unspecified atom stereocenters. The molecule has 0 heterocycles. The molecule has 1 rings (SSSR count). The summed E-state index contributed by atoms with van der Waals surface area (Å²) in [5, 5.41) is 12.8. The van der Waals surface area contributed by atoms with Gasteiger partial charge in [0.1, 0.15) is 5.69 Å². The molecule has 0 radical (unpaired) electrons. The van der Waals surface area contributed by atoms with Crippen molar-refractivity contribution >= 4 is 23.2 Å². The molecule has 90 valence electrons. The Kier molecular flexibility index (Phi) is 3.76. The maximum Gasteiger partial charge on any atom is 0.286 e. The molecule has 7 nitrogen and oxygen atoms in total. The molecule has 0 bridgehead atoms. The van der Waals surface area contributed by atoms with Crippen LogP contribution in [-0.2, 0) is 9.59 Å². The molecule has 7 heteroatoms. The number of carbonyl (C=O) groups is 2. The number of amides is 2. The number of hydrogen-bond donors (Lipinski definition) is 1. The first kappa shape index (κ1) is 12.6. The summed E-state index contributed by atoms with van der Waals surface area (Å²) in [6.45, 7) is 2.46. The lowest BCUT2D eigenvalue weighted by Gasteiger charge is -2.10. The van der Waals surface area contributed by atoms with Crippen LogP contribution in [0.2, 0.25) is 0 Å². The van der Waals surface area contributed by atoms with Crippen LogP contribution in [0.5, 0.6) is 0 Å². The summed E-state index contributed by atoms with van der Waals surface area (Å²) < 4.78 is 0. The molecule has 1 N–H and O–H groups in total. The van der Waals surface area contributed by atoms with E-state index in [0.29, 0.717) is 10.7 Å². The van der Waals surface area contributed by atoms with Gasteiger partial charge in [-0.2, -0.15) is 0 Å². The molecule has 0 aliphatic carbocycles. The summed E-state index contributed by atoms with van der Waals surface area (Å²) in [6.07, 6.45) is 0. The third kappa shape index (κ3) is 3.26. The molecule has 1 aromatic carbocycles. The zero-order valence-electron chi connectivity index (χ0n) is 9.34. The fourth-order valence-electron chi connectivity index (χ4n) is 1.28. The highest BCUT2D eigenvalue weighted by Crippen LogP contribution is 2.18. The summed E-state index contributed by atoms with van der Waals surface area (Å²) in [5.74, 6) is -0.933. The van der Waals surface area contributed by atoms with Gasteiger partial charge in [-0.1, -0.05) is 0 Å². The largest absolute Gasteiger partial charge is 0.326 e. The van der Waals surface area contributed by atoms with E-state index < -0.39 is 10.9 Å². The lowest BCUT2D eigenvalue weighted by Crippen LogP contribution is -2.34. The number of anilines is 2. The van der Waals surface area contributed by atoms with E-state index >= 15 is 0 Å². The number of nitrogens with one attached hydrogen (secondary N) is 1. The first-order chi connectivity index (χ1) is 7.91. The van der Waals surface area contributed by atoms with Crippen molar-refractivity contribution in [1.29, 1.82) is 0 Å². The van der Waals surface area contributed by atoms with Gasteiger partial charge in [-0.15, -0.1) is 0 Å². The second-order valence-corrected chi connectivity index (χ2v) is 3.30. The Labute approximate surface area is 97.1 Å². The summed E-state index contributed by atoms with van der Waals surface area (Å²) in [4.78, 5) is 32.5. The van der Waals surface area contributed by atoms with Crippen molar-refractivity contribution in [3.63, 3.8) is 0 Å². The fraction of sp³-hybridized carbons (Fsp3) is 0.200. The summed E-state index contributed by atoms with van der Waals surface area (Å²) >= 11 is 0. The van der Waals surface area contributed by atoms with Gasteiger partial charge in [-0.3, -0.25) is 9.59 Å². The van der Waals surface area contributed by atoms with Crippen molar-refractivity contribution in [2.24, 2.45) is 0 Å². The van der Waals surface area contributed by atoms with E-state index in [9.17, 15) is 19.7 Å². The van der Waals surface area contributed by atoms with Gasteiger partial charge in [0, 0.05) is 19.5 Å². The number of nitro groups is 1. The summed E-state index contributed by atoms with van der Waals surface area (Å²) in [7, 11) is 0. The van der Waals surface area contributed by atoms with Gasteiger partial charge in [-0.05, 0) is 29.3 Å². The van der Waals surface area contributed by atoms with Gasteiger partial charge < -0.3 is 5.32 Å². The molecule has 0 aromatic heterocycles. The molecule has 0 saturated heterocycles. The molecule has 0 saturated carbocycles. The monoisotopic (exact) mass is 237 g/mol. The predicted octanol–water partition coefficient (Wildman–Crippen LogP) is 1.19. The van der Waals surface area contributed by atoms with Crippen LogP contribution in [-0.4, -0.2) is 16.8 Å². The third-order valence-corrected chi connectivity index (χ3v) is 1.89. The van der Waals surface area contributed by atoms with Gasteiger partial charge in [0.15, 0.2) is 5.03 Å². The van der Waals surface area contributed by atoms with Crippen LogP contribution in [0.4, 0.5) is 11.4 Å². The molecule has 17 heavy (non-hydrogen) atoms. The first-order valence-electron chi connectivity index (χ1n) is 4.74. The van der Waals surface area contributed by atoms with E-state index in [4.69, 9.17) is 0 Å². The van der Waals surface area contributed by atoms with Crippen LogP contribution in [0.3, 0.4) is 0 Å². The van der Waals surface area contributed by atoms with Crippen LogP contribution in [0.15, 0.2) is 24.3 Å². The number of nitrogens with zero attached hydrogens (tertiary/aromatic N) is 2. The van der Waals surface area contributed by atoms with Crippen molar-refractivity contribution < 1.29 is 14.6 Å². The van der Waals surface area contributed by atoms with Crippen molar-refractivity contribution in [3.05, 3.63) is 34.4 Å². The summed E-state index contributed by atoms with van der Waals surface area (Å²) in [6, 6.07) is 5.73.